The molecular formula is C15H10FN2OTl. The molecular weight excluding hydrogens is 448 g/mol. The first-order valence-electron chi connectivity index (χ1n) is 6.08. The van der Waals surface area contributed by atoms with Crippen molar-refractivity contribution in [2.45, 2.75) is 6.92 Å². The second-order valence-electron chi connectivity index (χ2n) is 4.61. The number of rotatable bonds is 2. The molecule has 0 fully saturated rings. The van der Waals surface area contributed by atoms with Crippen molar-refractivity contribution in [2.24, 2.45) is 0 Å². The molecule has 0 N–H and O–H groups in total. The van der Waals surface area contributed by atoms with E-state index in [4.69, 9.17) is 0 Å². The van der Waals surface area contributed by atoms with Gasteiger partial charge in [0.1, 0.15) is 0 Å². The second-order valence-corrected chi connectivity index (χ2v) is 6.78. The number of carbonyl (C=O) groups excluding carboxylic acids is 1. The molecule has 1 aromatic heterocycles. The van der Waals surface area contributed by atoms with Gasteiger partial charge in [-0.3, -0.25) is 0 Å². The molecule has 0 saturated heterocycles. The van der Waals surface area contributed by atoms with Crippen molar-refractivity contribution >= 4 is 43.4 Å². The molecule has 5 heteroatoms. The molecule has 0 radical (unpaired) electrons. The van der Waals surface area contributed by atoms with Gasteiger partial charge in [0, 0.05) is 0 Å². The number of fused-ring (bicyclic) bond motifs is 1. The van der Waals surface area contributed by atoms with E-state index in [9.17, 15) is 9.18 Å². The minimum atomic E-state index is -0.385. The summed E-state index contributed by atoms with van der Waals surface area (Å²) in [6.07, 6.45) is 2.46. The Bertz CT molecular complexity index is 826. The van der Waals surface area contributed by atoms with Gasteiger partial charge in [0.15, 0.2) is 0 Å². The van der Waals surface area contributed by atoms with E-state index in [1.165, 1.54) is 6.07 Å². The van der Waals surface area contributed by atoms with Crippen LogP contribution in [0.2, 0.25) is 0 Å². The monoisotopic (exact) mass is 458 g/mol. The zero-order valence-corrected chi connectivity index (χ0v) is 15.3. The predicted octanol–water partition coefficient (Wildman–Crippen LogP) is 2.89. The van der Waals surface area contributed by atoms with Gasteiger partial charge in [-0.25, -0.2) is 0 Å². The van der Waals surface area contributed by atoms with Gasteiger partial charge in [-0.15, -0.1) is 0 Å². The second kappa shape index (κ2) is 5.08. The Kier molecular flexibility index (Phi) is 3.41. The summed E-state index contributed by atoms with van der Waals surface area (Å²) in [4.78, 5) is 15.1. The first kappa shape index (κ1) is 13.4. The van der Waals surface area contributed by atoms with E-state index in [1.54, 1.807) is 12.1 Å². The molecule has 20 heavy (non-hydrogen) atoms. The molecule has 96 valence electrons. The number of nitrogens with zero attached hydrogens (tertiary/aromatic N) is 2. The SMILES string of the molecule is Cc1c(-c2ccc(C=O)cc2F)ccc2c1nc[n]2[Tl]. The van der Waals surface area contributed by atoms with Crippen LogP contribution in [-0.4, -0.2) is 39.7 Å². The van der Waals surface area contributed by atoms with Crippen LogP contribution >= 0.6 is 0 Å². The Morgan fingerprint density at radius 3 is 2.70 bits per heavy atom. The van der Waals surface area contributed by atoms with Crippen LogP contribution < -0.4 is 0 Å². The minimum absolute atomic E-state index is 0.343. The number of carbonyl (C=O) groups is 1. The zero-order valence-electron chi connectivity index (χ0n) is 10.8. The normalized spacial score (nSPS) is 10.8. The fourth-order valence-electron chi connectivity index (χ4n) is 2.35. The summed E-state index contributed by atoms with van der Waals surface area (Å²) in [6.45, 7) is 1.95. The maximum absolute atomic E-state index is 14.1. The van der Waals surface area contributed by atoms with Gasteiger partial charge in [0.05, 0.1) is 0 Å². The molecule has 0 bridgehead atoms. The number of imidazole rings is 1. The average Bonchev–Trinajstić information content (AvgIpc) is 2.82. The molecule has 0 aliphatic carbocycles. The number of hydrogen-bond acceptors (Lipinski definition) is 2. The van der Waals surface area contributed by atoms with E-state index in [-0.39, 0.29) is 5.82 Å². The van der Waals surface area contributed by atoms with Crippen LogP contribution in [0.4, 0.5) is 4.39 Å². The number of benzene rings is 2. The summed E-state index contributed by atoms with van der Waals surface area (Å²) < 4.78 is 16.2. The van der Waals surface area contributed by atoms with E-state index < -0.39 is 0 Å². The molecule has 0 amide bonds. The third-order valence-electron chi connectivity index (χ3n) is 3.42. The van der Waals surface area contributed by atoms with Crippen molar-refractivity contribution in [2.75, 3.05) is 0 Å². The topological polar surface area (TPSA) is 34.9 Å². The van der Waals surface area contributed by atoms with Crippen molar-refractivity contribution in [3.05, 3.63) is 53.6 Å². The first-order valence-corrected chi connectivity index (χ1v) is 8.09. The summed E-state index contributed by atoms with van der Waals surface area (Å²) in [5.74, 6) is -0.385. The van der Waals surface area contributed by atoms with Crippen LogP contribution in [0, 0.1) is 12.7 Å². The van der Waals surface area contributed by atoms with Crippen molar-refractivity contribution in [1.29, 1.82) is 0 Å². The standard InChI is InChI=1S/C15H11FN2O.Tl/c1-9-11(4-5-14-15(9)18-8-17-14)12-3-2-10(7-19)6-13(12)16;/h2-8H,1H3,(H,17,18,19);/q;+1/p-1. The molecule has 0 spiro atoms. The molecule has 3 aromatic rings. The Hall–Kier alpha value is -1.57. The van der Waals surface area contributed by atoms with E-state index in [2.05, 4.69) is 7.36 Å². The van der Waals surface area contributed by atoms with E-state index in [0.717, 1.165) is 22.2 Å². The summed E-state index contributed by atoms with van der Waals surface area (Å²) in [7, 11) is 0. The van der Waals surface area contributed by atoms with Gasteiger partial charge in [-0.05, 0) is 0 Å². The molecule has 0 aliphatic heterocycles. The zero-order chi connectivity index (χ0) is 14.3. The van der Waals surface area contributed by atoms with Crippen molar-refractivity contribution in [3.63, 3.8) is 0 Å². The van der Waals surface area contributed by atoms with Gasteiger partial charge in [-0.1, -0.05) is 0 Å². The van der Waals surface area contributed by atoms with Gasteiger partial charge < -0.3 is 0 Å². The van der Waals surface area contributed by atoms with Crippen molar-refractivity contribution < 1.29 is 9.18 Å². The van der Waals surface area contributed by atoms with Gasteiger partial charge in [0.25, 0.3) is 0 Å². The van der Waals surface area contributed by atoms with Crippen LogP contribution in [0.3, 0.4) is 0 Å². The molecule has 2 aromatic carbocycles. The predicted molar refractivity (Wildman–Crippen MR) is 76.4 cm³/mol. The van der Waals surface area contributed by atoms with Gasteiger partial charge in [0.2, 0.25) is 0 Å². The van der Waals surface area contributed by atoms with Crippen LogP contribution in [0.5, 0.6) is 0 Å². The molecule has 0 unspecified atom stereocenters. The van der Waals surface area contributed by atoms with Crippen LogP contribution in [0.25, 0.3) is 22.2 Å². The third kappa shape index (κ3) is 2.07. The molecule has 3 nitrogen and oxygen atoms in total. The van der Waals surface area contributed by atoms with E-state index in [1.807, 2.05) is 25.4 Å². The molecule has 3 rings (SSSR count). The fraction of sp³-hybridized carbons (Fsp3) is 0.0667. The van der Waals surface area contributed by atoms with Gasteiger partial charge in [-0.2, -0.15) is 0 Å². The average molecular weight is 458 g/mol. The van der Waals surface area contributed by atoms with Crippen molar-refractivity contribution in [3.8, 4) is 11.1 Å². The Labute approximate surface area is 131 Å². The molecule has 1 heterocycles. The molecule has 0 aliphatic rings. The Morgan fingerprint density at radius 2 is 2.00 bits per heavy atom. The van der Waals surface area contributed by atoms with Gasteiger partial charge >= 0.3 is 132 Å². The third-order valence-corrected chi connectivity index (χ3v) is 5.02. The quantitative estimate of drug-likeness (QED) is 0.438. The molecule has 0 atom stereocenters. The van der Waals surface area contributed by atoms with E-state index >= 15 is 0 Å². The summed E-state index contributed by atoms with van der Waals surface area (Å²) in [6, 6.07) is 8.42. The van der Waals surface area contributed by atoms with Crippen LogP contribution in [-0.2, 0) is 0 Å². The summed E-state index contributed by atoms with van der Waals surface area (Å²) in [5, 5.41) is 0. The number of aromatic nitrogens is 2. The number of hydrogen-bond donors (Lipinski definition) is 0. The van der Waals surface area contributed by atoms with Crippen LogP contribution in [0.1, 0.15) is 15.9 Å². The van der Waals surface area contributed by atoms with E-state index in [0.29, 0.717) is 43.5 Å². The fourth-order valence-corrected chi connectivity index (χ4v) is 3.42. The Morgan fingerprint density at radius 1 is 1.25 bits per heavy atom. The number of aryl methyl sites for hydroxylation is 1. The Balaban J connectivity index is 2.24. The van der Waals surface area contributed by atoms with Crippen molar-refractivity contribution in [1.82, 2.24) is 7.36 Å². The first-order chi connectivity index (χ1) is 9.61. The summed E-state index contributed by atoms with van der Waals surface area (Å²) in [5.41, 5.74) is 4.61. The number of aldehydes is 1. The maximum atomic E-state index is 14.1. The van der Waals surface area contributed by atoms with Crippen LogP contribution in [0.15, 0.2) is 36.7 Å². The number of halogens is 1. The summed E-state index contributed by atoms with van der Waals surface area (Å²) >= 11 is 0.652. The molecule has 0 saturated carbocycles.